The van der Waals surface area contributed by atoms with Gasteiger partial charge < -0.3 is 9.84 Å². The molecule has 0 fully saturated rings. The molecular formula is C10H18O3S. The van der Waals surface area contributed by atoms with Gasteiger partial charge in [-0.25, -0.2) is 4.79 Å². The van der Waals surface area contributed by atoms with E-state index >= 15 is 0 Å². The summed E-state index contributed by atoms with van der Waals surface area (Å²) < 4.78 is 4.72. The van der Waals surface area contributed by atoms with Crippen LogP contribution in [0, 0.1) is 0 Å². The molecule has 0 aromatic heterocycles. The first kappa shape index (κ1) is 13.5. The number of hydrogen-bond donors (Lipinski definition) is 1. The number of carbonyl (C=O) groups excluding carboxylic acids is 1. The summed E-state index contributed by atoms with van der Waals surface area (Å²) in [7, 11) is 0. The Kier molecular flexibility index (Phi) is 8.78. The van der Waals surface area contributed by atoms with Crippen LogP contribution in [-0.4, -0.2) is 35.3 Å². The lowest BCUT2D eigenvalue weighted by molar-refractivity contribution is -0.137. The largest absolute Gasteiger partial charge is 0.463 e. The fourth-order valence-corrected chi connectivity index (χ4v) is 1.63. The third-order valence-electron chi connectivity index (χ3n) is 1.55. The summed E-state index contributed by atoms with van der Waals surface area (Å²) in [6.45, 7) is 4.47. The van der Waals surface area contributed by atoms with Crippen LogP contribution in [0.2, 0.25) is 0 Å². The third-order valence-corrected chi connectivity index (χ3v) is 2.74. The first-order valence-electron chi connectivity index (χ1n) is 4.76. The Morgan fingerprint density at radius 2 is 2.36 bits per heavy atom. The lowest BCUT2D eigenvalue weighted by atomic mass is 10.3. The standard InChI is InChI=1S/C10H18O3S/c1-3-13-10(12)5-4-8-14-9(2)6-7-11/h4-5,9,11H,3,6-8H2,1-2H3/b5-4+. The number of carbonyl (C=O) groups is 1. The molecule has 0 spiro atoms. The van der Waals surface area contributed by atoms with E-state index in [0.29, 0.717) is 11.9 Å². The van der Waals surface area contributed by atoms with E-state index in [-0.39, 0.29) is 12.6 Å². The Labute approximate surface area is 89.5 Å². The summed E-state index contributed by atoms with van der Waals surface area (Å²) in [6, 6.07) is 0. The van der Waals surface area contributed by atoms with E-state index in [1.807, 2.05) is 0 Å². The van der Waals surface area contributed by atoms with E-state index in [4.69, 9.17) is 9.84 Å². The molecule has 14 heavy (non-hydrogen) atoms. The molecule has 0 heterocycles. The van der Waals surface area contributed by atoms with E-state index in [1.165, 1.54) is 6.08 Å². The zero-order valence-electron chi connectivity index (χ0n) is 8.73. The summed E-state index contributed by atoms with van der Waals surface area (Å²) in [6.07, 6.45) is 4.02. The number of aliphatic hydroxyl groups is 1. The van der Waals surface area contributed by atoms with Crippen molar-refractivity contribution in [3.63, 3.8) is 0 Å². The Hall–Kier alpha value is -0.480. The fraction of sp³-hybridized carbons (Fsp3) is 0.700. The monoisotopic (exact) mass is 218 g/mol. The van der Waals surface area contributed by atoms with Crippen LogP contribution in [0.4, 0.5) is 0 Å². The maximum Gasteiger partial charge on any atom is 0.330 e. The van der Waals surface area contributed by atoms with Crippen LogP contribution < -0.4 is 0 Å². The highest BCUT2D eigenvalue weighted by Crippen LogP contribution is 2.13. The normalized spacial score (nSPS) is 13.1. The van der Waals surface area contributed by atoms with Gasteiger partial charge in [0.15, 0.2) is 0 Å². The van der Waals surface area contributed by atoms with Crippen LogP contribution in [0.1, 0.15) is 20.3 Å². The summed E-state index contributed by atoms with van der Waals surface area (Å²) >= 11 is 1.71. The second kappa shape index (κ2) is 9.09. The van der Waals surface area contributed by atoms with Crippen molar-refractivity contribution in [1.29, 1.82) is 0 Å². The molecule has 0 bridgehead atoms. The van der Waals surface area contributed by atoms with Gasteiger partial charge in [-0.05, 0) is 13.3 Å². The molecule has 0 amide bonds. The van der Waals surface area contributed by atoms with Crippen molar-refractivity contribution in [2.24, 2.45) is 0 Å². The second-order valence-electron chi connectivity index (χ2n) is 2.81. The molecule has 0 aromatic carbocycles. The molecule has 0 radical (unpaired) electrons. The predicted octanol–water partition coefficient (Wildman–Crippen LogP) is 1.61. The number of rotatable bonds is 7. The maximum absolute atomic E-state index is 10.9. The zero-order chi connectivity index (χ0) is 10.8. The highest BCUT2D eigenvalue weighted by molar-refractivity contribution is 8.00. The third kappa shape index (κ3) is 8.13. The smallest absolute Gasteiger partial charge is 0.330 e. The Morgan fingerprint density at radius 1 is 1.64 bits per heavy atom. The van der Waals surface area contributed by atoms with Crippen LogP contribution in [0.3, 0.4) is 0 Å². The number of ether oxygens (including phenoxy) is 1. The van der Waals surface area contributed by atoms with E-state index in [9.17, 15) is 4.79 Å². The van der Waals surface area contributed by atoms with Crippen LogP contribution >= 0.6 is 11.8 Å². The van der Waals surface area contributed by atoms with Crippen molar-refractivity contribution in [1.82, 2.24) is 0 Å². The molecule has 3 nitrogen and oxygen atoms in total. The molecule has 1 atom stereocenters. The minimum atomic E-state index is -0.289. The van der Waals surface area contributed by atoms with E-state index < -0.39 is 0 Å². The Morgan fingerprint density at radius 3 is 2.93 bits per heavy atom. The molecule has 1 unspecified atom stereocenters. The first-order chi connectivity index (χ1) is 6.70. The van der Waals surface area contributed by atoms with Crippen molar-refractivity contribution in [2.75, 3.05) is 19.0 Å². The summed E-state index contributed by atoms with van der Waals surface area (Å²) in [5.41, 5.74) is 0. The summed E-state index contributed by atoms with van der Waals surface area (Å²) in [5.74, 6) is 0.489. The van der Waals surface area contributed by atoms with Gasteiger partial charge in [0.2, 0.25) is 0 Å². The molecule has 82 valence electrons. The maximum atomic E-state index is 10.9. The molecule has 0 aliphatic heterocycles. The van der Waals surface area contributed by atoms with Crippen molar-refractivity contribution in [3.8, 4) is 0 Å². The van der Waals surface area contributed by atoms with Gasteiger partial charge in [0, 0.05) is 23.7 Å². The topological polar surface area (TPSA) is 46.5 Å². The highest BCUT2D eigenvalue weighted by atomic mass is 32.2. The van der Waals surface area contributed by atoms with Gasteiger partial charge in [0.25, 0.3) is 0 Å². The minimum Gasteiger partial charge on any atom is -0.463 e. The number of aliphatic hydroxyl groups excluding tert-OH is 1. The molecule has 0 aliphatic rings. The van der Waals surface area contributed by atoms with Crippen LogP contribution in [0.5, 0.6) is 0 Å². The first-order valence-corrected chi connectivity index (χ1v) is 5.81. The van der Waals surface area contributed by atoms with Crippen molar-refractivity contribution >= 4 is 17.7 Å². The van der Waals surface area contributed by atoms with E-state index in [2.05, 4.69) is 6.92 Å². The summed E-state index contributed by atoms with van der Waals surface area (Å²) in [5, 5.41) is 9.07. The summed E-state index contributed by atoms with van der Waals surface area (Å²) in [4.78, 5) is 10.9. The number of hydrogen-bond acceptors (Lipinski definition) is 4. The number of esters is 1. The second-order valence-corrected chi connectivity index (χ2v) is 4.28. The van der Waals surface area contributed by atoms with Gasteiger partial charge in [-0.1, -0.05) is 13.0 Å². The SMILES string of the molecule is CCOC(=O)/C=C/CSC(C)CCO. The Balaban J connectivity index is 3.47. The predicted molar refractivity (Wildman–Crippen MR) is 59.4 cm³/mol. The average Bonchev–Trinajstić information content (AvgIpc) is 2.13. The Bertz CT molecular complexity index is 180. The molecule has 0 rings (SSSR count). The lowest BCUT2D eigenvalue weighted by Crippen LogP contribution is -2.01. The molecule has 4 heteroatoms. The average molecular weight is 218 g/mol. The quantitative estimate of drug-likeness (QED) is 0.521. The van der Waals surface area contributed by atoms with E-state index in [0.717, 1.165) is 12.2 Å². The van der Waals surface area contributed by atoms with Crippen molar-refractivity contribution in [2.45, 2.75) is 25.5 Å². The van der Waals surface area contributed by atoms with Gasteiger partial charge >= 0.3 is 5.97 Å². The van der Waals surface area contributed by atoms with Gasteiger partial charge in [0.05, 0.1) is 6.61 Å². The van der Waals surface area contributed by atoms with Gasteiger partial charge in [-0.15, -0.1) is 0 Å². The molecule has 0 saturated carbocycles. The van der Waals surface area contributed by atoms with Crippen LogP contribution in [0.25, 0.3) is 0 Å². The zero-order valence-corrected chi connectivity index (χ0v) is 9.55. The fourth-order valence-electron chi connectivity index (χ4n) is 0.820. The molecule has 0 aliphatic carbocycles. The molecular weight excluding hydrogens is 200 g/mol. The van der Waals surface area contributed by atoms with Crippen LogP contribution in [0.15, 0.2) is 12.2 Å². The minimum absolute atomic E-state index is 0.218. The van der Waals surface area contributed by atoms with E-state index in [1.54, 1.807) is 24.8 Å². The molecule has 1 N–H and O–H groups in total. The lowest BCUT2D eigenvalue weighted by Gasteiger charge is -2.06. The number of thioether (sulfide) groups is 1. The van der Waals surface area contributed by atoms with Crippen molar-refractivity contribution < 1.29 is 14.6 Å². The molecule has 0 aromatic rings. The van der Waals surface area contributed by atoms with Crippen molar-refractivity contribution in [3.05, 3.63) is 12.2 Å². The van der Waals surface area contributed by atoms with Crippen LogP contribution in [-0.2, 0) is 9.53 Å². The van der Waals surface area contributed by atoms with Gasteiger partial charge in [-0.2, -0.15) is 11.8 Å². The highest BCUT2D eigenvalue weighted by Gasteiger charge is 1.99. The van der Waals surface area contributed by atoms with Gasteiger partial charge in [0.1, 0.15) is 0 Å². The molecule has 0 saturated heterocycles. The van der Waals surface area contributed by atoms with Gasteiger partial charge in [-0.3, -0.25) is 0 Å².